The zero-order valence-corrected chi connectivity index (χ0v) is 14.4. The van der Waals surface area contributed by atoms with Crippen molar-refractivity contribution >= 4 is 23.4 Å². The Morgan fingerprint density at radius 3 is 2.65 bits per heavy atom. The number of nitrogens with one attached hydrogen (secondary N) is 1. The molecular formula is C16H12F3N3O3S. The highest BCUT2D eigenvalue weighted by molar-refractivity contribution is 8.00. The molecule has 0 aliphatic carbocycles. The lowest BCUT2D eigenvalue weighted by Crippen LogP contribution is -2.23. The van der Waals surface area contributed by atoms with E-state index in [0.717, 1.165) is 23.9 Å². The third kappa shape index (κ3) is 3.59. The van der Waals surface area contributed by atoms with E-state index in [1.165, 1.54) is 13.2 Å². The zero-order valence-electron chi connectivity index (χ0n) is 13.5. The monoisotopic (exact) mass is 383 g/mol. The van der Waals surface area contributed by atoms with Crippen molar-refractivity contribution in [1.82, 2.24) is 10.2 Å². The Bertz CT molecular complexity index is 957. The van der Waals surface area contributed by atoms with Crippen LogP contribution in [0.1, 0.15) is 12.7 Å². The summed E-state index contributed by atoms with van der Waals surface area (Å²) >= 11 is 0.935. The number of halogens is 3. The normalized spacial score (nSPS) is 12.2. The van der Waals surface area contributed by atoms with Crippen LogP contribution in [-0.4, -0.2) is 21.4 Å². The molecule has 0 aliphatic heterocycles. The molecule has 3 rings (SSSR count). The molecule has 2 heterocycles. The minimum Gasteiger partial charge on any atom is -0.469 e. The summed E-state index contributed by atoms with van der Waals surface area (Å²) in [7, 11) is 0. The third-order valence-corrected chi connectivity index (χ3v) is 4.37. The molecule has 0 unspecified atom stereocenters. The van der Waals surface area contributed by atoms with Crippen LogP contribution in [0.5, 0.6) is 0 Å². The average molecular weight is 383 g/mol. The van der Waals surface area contributed by atoms with Gasteiger partial charge in [-0.15, -0.1) is 10.2 Å². The molecule has 0 aliphatic rings. The van der Waals surface area contributed by atoms with Gasteiger partial charge >= 0.3 is 0 Å². The molecule has 1 amide bonds. The summed E-state index contributed by atoms with van der Waals surface area (Å²) in [4.78, 5) is 12.1. The topological polar surface area (TPSA) is 81.2 Å². The number of hydrogen-bond donors (Lipinski definition) is 1. The number of furan rings is 1. The summed E-state index contributed by atoms with van der Waals surface area (Å²) in [5.41, 5.74) is 0.173. The van der Waals surface area contributed by atoms with Gasteiger partial charge in [0.2, 0.25) is 5.91 Å². The number of carbonyl (C=O) groups excluding carboxylic acids is 1. The van der Waals surface area contributed by atoms with Crippen LogP contribution in [0.15, 0.2) is 38.5 Å². The lowest BCUT2D eigenvalue weighted by atomic mass is 10.2. The highest BCUT2D eigenvalue weighted by Crippen LogP contribution is 2.29. The average Bonchev–Trinajstić information content (AvgIpc) is 3.23. The fraction of sp³-hybridized carbons (Fsp3) is 0.188. The van der Waals surface area contributed by atoms with Gasteiger partial charge in [-0.2, -0.15) is 0 Å². The minimum atomic E-state index is -1.65. The second-order valence-electron chi connectivity index (χ2n) is 5.24. The lowest BCUT2D eigenvalue weighted by molar-refractivity contribution is -0.115. The minimum absolute atomic E-state index is 0.119. The van der Waals surface area contributed by atoms with Gasteiger partial charge < -0.3 is 14.2 Å². The number of aryl methyl sites for hydroxylation is 1. The Morgan fingerprint density at radius 2 is 1.96 bits per heavy atom. The highest BCUT2D eigenvalue weighted by atomic mass is 32.2. The van der Waals surface area contributed by atoms with E-state index < -0.39 is 34.3 Å². The number of rotatable bonds is 5. The van der Waals surface area contributed by atoms with Crippen LogP contribution in [0.3, 0.4) is 0 Å². The third-order valence-electron chi connectivity index (χ3n) is 3.44. The molecule has 3 aromatic rings. The van der Waals surface area contributed by atoms with E-state index >= 15 is 0 Å². The summed E-state index contributed by atoms with van der Waals surface area (Å²) in [5, 5.41) is 9.25. The Morgan fingerprint density at radius 1 is 1.19 bits per heavy atom. The second kappa shape index (κ2) is 7.24. The van der Waals surface area contributed by atoms with Crippen LogP contribution >= 0.6 is 11.8 Å². The van der Waals surface area contributed by atoms with Crippen molar-refractivity contribution in [1.29, 1.82) is 0 Å². The van der Waals surface area contributed by atoms with Crippen molar-refractivity contribution in [3.8, 4) is 11.5 Å². The van der Waals surface area contributed by atoms with E-state index in [-0.39, 0.29) is 11.1 Å². The van der Waals surface area contributed by atoms with Gasteiger partial charge in [-0.3, -0.25) is 4.79 Å². The van der Waals surface area contributed by atoms with Crippen molar-refractivity contribution in [3.05, 3.63) is 47.7 Å². The first-order chi connectivity index (χ1) is 12.4. The van der Waals surface area contributed by atoms with Crippen molar-refractivity contribution in [3.63, 3.8) is 0 Å². The standard InChI is InChI=1S/C16H12F3N3O3S/c1-7-9(5-6-24-7)15-21-22-16(25-15)26-8(2)14(23)20-11-4-3-10(17)12(18)13(11)19/h3-6,8H,1-2H3,(H,20,23)/t8-/m1/s1. The number of anilines is 1. The molecule has 10 heteroatoms. The first kappa shape index (κ1) is 18.1. The molecule has 26 heavy (non-hydrogen) atoms. The van der Waals surface area contributed by atoms with E-state index in [9.17, 15) is 18.0 Å². The van der Waals surface area contributed by atoms with Gasteiger partial charge in [0.05, 0.1) is 22.8 Å². The lowest BCUT2D eigenvalue weighted by Gasteiger charge is -2.11. The van der Waals surface area contributed by atoms with Crippen LogP contribution in [0.25, 0.3) is 11.5 Å². The van der Waals surface area contributed by atoms with Gasteiger partial charge in [-0.1, -0.05) is 11.8 Å². The van der Waals surface area contributed by atoms with Crippen LogP contribution in [0.4, 0.5) is 18.9 Å². The Balaban J connectivity index is 1.68. The van der Waals surface area contributed by atoms with Crippen LogP contribution in [0, 0.1) is 24.4 Å². The molecule has 136 valence electrons. The molecule has 1 aromatic carbocycles. The molecule has 6 nitrogen and oxygen atoms in total. The molecule has 0 radical (unpaired) electrons. The van der Waals surface area contributed by atoms with Crippen LogP contribution in [0.2, 0.25) is 0 Å². The second-order valence-corrected chi connectivity index (χ2v) is 6.53. The van der Waals surface area contributed by atoms with Crippen molar-refractivity contribution < 1.29 is 26.8 Å². The number of thioether (sulfide) groups is 1. The largest absolute Gasteiger partial charge is 0.469 e. The molecule has 1 N–H and O–H groups in total. The number of benzene rings is 1. The molecular weight excluding hydrogens is 371 g/mol. The molecule has 2 aromatic heterocycles. The van der Waals surface area contributed by atoms with Crippen molar-refractivity contribution in [2.75, 3.05) is 5.32 Å². The molecule has 0 saturated heterocycles. The van der Waals surface area contributed by atoms with E-state index in [4.69, 9.17) is 8.83 Å². The Labute approximate surface area is 149 Å². The maximum Gasteiger partial charge on any atom is 0.277 e. The van der Waals surface area contributed by atoms with Gasteiger partial charge in [-0.25, -0.2) is 13.2 Å². The van der Waals surface area contributed by atoms with Gasteiger partial charge in [0.25, 0.3) is 11.1 Å². The fourth-order valence-corrected chi connectivity index (χ4v) is 2.72. The predicted octanol–water partition coefficient (Wildman–Crippen LogP) is 4.17. The SMILES string of the molecule is Cc1occc1-c1nnc(S[C@H](C)C(=O)Nc2ccc(F)c(F)c2F)o1. The molecule has 0 fully saturated rings. The van der Waals surface area contributed by atoms with Gasteiger partial charge in [-0.05, 0) is 32.0 Å². The Kier molecular flexibility index (Phi) is 5.03. The van der Waals surface area contributed by atoms with Gasteiger partial charge in [0.1, 0.15) is 5.76 Å². The first-order valence-corrected chi connectivity index (χ1v) is 8.23. The van der Waals surface area contributed by atoms with Crippen molar-refractivity contribution in [2.45, 2.75) is 24.3 Å². The predicted molar refractivity (Wildman–Crippen MR) is 87.0 cm³/mol. The maximum absolute atomic E-state index is 13.6. The van der Waals surface area contributed by atoms with Crippen LogP contribution < -0.4 is 5.32 Å². The van der Waals surface area contributed by atoms with Crippen molar-refractivity contribution in [2.24, 2.45) is 0 Å². The zero-order chi connectivity index (χ0) is 18.8. The van der Waals surface area contributed by atoms with E-state index in [0.29, 0.717) is 11.3 Å². The molecule has 0 saturated carbocycles. The molecule has 1 atom stereocenters. The molecule has 0 bridgehead atoms. The number of carbonyl (C=O) groups is 1. The summed E-state index contributed by atoms with van der Waals surface area (Å²) < 4.78 is 50.4. The number of amides is 1. The smallest absolute Gasteiger partial charge is 0.277 e. The molecule has 0 spiro atoms. The number of nitrogens with zero attached hydrogens (tertiary/aromatic N) is 2. The summed E-state index contributed by atoms with van der Waals surface area (Å²) in [6.07, 6.45) is 1.48. The van der Waals surface area contributed by atoms with Gasteiger partial charge in [0, 0.05) is 0 Å². The highest BCUT2D eigenvalue weighted by Gasteiger charge is 2.22. The van der Waals surface area contributed by atoms with Crippen LogP contribution in [-0.2, 0) is 4.79 Å². The first-order valence-electron chi connectivity index (χ1n) is 7.35. The van der Waals surface area contributed by atoms with E-state index in [1.807, 2.05) is 0 Å². The number of aromatic nitrogens is 2. The van der Waals surface area contributed by atoms with E-state index in [1.54, 1.807) is 13.0 Å². The fourth-order valence-electron chi connectivity index (χ4n) is 2.03. The Hall–Kier alpha value is -2.75. The summed E-state index contributed by atoms with van der Waals surface area (Å²) in [5.74, 6) is -4.26. The quantitative estimate of drug-likeness (QED) is 0.526. The summed E-state index contributed by atoms with van der Waals surface area (Å²) in [6, 6.07) is 3.33. The van der Waals surface area contributed by atoms with Gasteiger partial charge in [0.15, 0.2) is 17.5 Å². The summed E-state index contributed by atoms with van der Waals surface area (Å²) in [6.45, 7) is 3.25. The number of hydrogen-bond acceptors (Lipinski definition) is 6. The maximum atomic E-state index is 13.6. The van der Waals surface area contributed by atoms with E-state index in [2.05, 4.69) is 15.5 Å².